The minimum absolute atomic E-state index is 0.429. The van der Waals surface area contributed by atoms with E-state index in [9.17, 15) is 0 Å². The van der Waals surface area contributed by atoms with Gasteiger partial charge in [0.05, 0.1) is 4.47 Å². The Bertz CT molecular complexity index is 324. The molecule has 1 aromatic heterocycles. The Hall–Kier alpha value is -0.390. The van der Waals surface area contributed by atoms with Gasteiger partial charge in [0.15, 0.2) is 0 Å². The molecular formula is C9H13BrClN3O. The molecule has 6 heteroatoms. The zero-order valence-electron chi connectivity index (χ0n) is 8.70. The Balaban J connectivity index is 2.65. The number of anilines is 1. The van der Waals surface area contributed by atoms with Gasteiger partial charge in [-0.15, -0.1) is 0 Å². The maximum atomic E-state index is 5.87. The van der Waals surface area contributed by atoms with Crippen molar-refractivity contribution in [3.8, 4) is 0 Å². The van der Waals surface area contributed by atoms with Crippen molar-refractivity contribution in [1.82, 2.24) is 9.97 Å². The number of rotatable bonds is 5. The van der Waals surface area contributed by atoms with E-state index in [1.165, 1.54) is 6.33 Å². The smallest absolute Gasteiger partial charge is 0.148 e. The van der Waals surface area contributed by atoms with Gasteiger partial charge in [-0.1, -0.05) is 11.6 Å². The van der Waals surface area contributed by atoms with Crippen LogP contribution >= 0.6 is 27.5 Å². The van der Waals surface area contributed by atoms with Gasteiger partial charge in [0.1, 0.15) is 17.3 Å². The molecule has 0 radical (unpaired) electrons. The van der Waals surface area contributed by atoms with Gasteiger partial charge in [0.2, 0.25) is 0 Å². The molecule has 4 nitrogen and oxygen atoms in total. The van der Waals surface area contributed by atoms with Gasteiger partial charge in [-0.25, -0.2) is 9.97 Å². The molecule has 0 aromatic carbocycles. The summed E-state index contributed by atoms with van der Waals surface area (Å²) < 4.78 is 5.71. The van der Waals surface area contributed by atoms with Gasteiger partial charge in [0.25, 0.3) is 0 Å². The largest absolute Gasteiger partial charge is 0.385 e. The Labute approximate surface area is 103 Å². The Morgan fingerprint density at radius 1 is 1.53 bits per heavy atom. The Kier molecular flexibility index (Phi) is 5.28. The average molecular weight is 295 g/mol. The van der Waals surface area contributed by atoms with Crippen LogP contribution in [-0.4, -0.2) is 37.3 Å². The first kappa shape index (κ1) is 12.7. The quantitative estimate of drug-likeness (QED) is 0.617. The Morgan fingerprint density at radius 2 is 2.27 bits per heavy atom. The lowest BCUT2D eigenvalue weighted by molar-refractivity contribution is 0.196. The minimum Gasteiger partial charge on any atom is -0.385 e. The van der Waals surface area contributed by atoms with Crippen LogP contribution in [-0.2, 0) is 4.74 Å². The third-order valence-electron chi connectivity index (χ3n) is 1.93. The molecular weight excluding hydrogens is 281 g/mol. The average Bonchev–Trinajstić information content (AvgIpc) is 2.22. The van der Waals surface area contributed by atoms with E-state index >= 15 is 0 Å². The van der Waals surface area contributed by atoms with Crippen LogP contribution in [0.2, 0.25) is 5.15 Å². The predicted octanol–water partition coefficient (Wildman–Crippen LogP) is 2.37. The Morgan fingerprint density at radius 3 is 2.93 bits per heavy atom. The number of ether oxygens (including phenoxy) is 1. The summed E-state index contributed by atoms with van der Waals surface area (Å²) in [6.07, 6.45) is 2.40. The lowest BCUT2D eigenvalue weighted by atomic mass is 10.4. The van der Waals surface area contributed by atoms with Crippen LogP contribution in [0.15, 0.2) is 10.8 Å². The summed E-state index contributed by atoms with van der Waals surface area (Å²) in [5.74, 6) is 0.797. The van der Waals surface area contributed by atoms with Gasteiger partial charge in [-0.05, 0) is 22.4 Å². The molecule has 1 heterocycles. The van der Waals surface area contributed by atoms with Crippen LogP contribution < -0.4 is 4.90 Å². The molecule has 15 heavy (non-hydrogen) atoms. The summed E-state index contributed by atoms with van der Waals surface area (Å²) >= 11 is 9.23. The number of aromatic nitrogens is 2. The number of methoxy groups -OCH3 is 1. The second kappa shape index (κ2) is 6.25. The van der Waals surface area contributed by atoms with Gasteiger partial charge >= 0.3 is 0 Å². The van der Waals surface area contributed by atoms with E-state index in [1.54, 1.807) is 7.11 Å². The van der Waals surface area contributed by atoms with Crippen molar-refractivity contribution in [2.45, 2.75) is 6.42 Å². The summed E-state index contributed by atoms with van der Waals surface area (Å²) in [7, 11) is 3.65. The molecule has 84 valence electrons. The summed E-state index contributed by atoms with van der Waals surface area (Å²) in [4.78, 5) is 10.0. The molecule has 0 aliphatic heterocycles. The van der Waals surface area contributed by atoms with Crippen molar-refractivity contribution in [1.29, 1.82) is 0 Å². The van der Waals surface area contributed by atoms with E-state index in [-0.39, 0.29) is 0 Å². The lowest BCUT2D eigenvalue weighted by Crippen LogP contribution is -2.21. The van der Waals surface area contributed by atoms with E-state index in [4.69, 9.17) is 16.3 Å². The molecule has 0 aliphatic carbocycles. The van der Waals surface area contributed by atoms with Crippen LogP contribution in [0, 0.1) is 0 Å². The first-order chi connectivity index (χ1) is 7.16. The van der Waals surface area contributed by atoms with Crippen molar-refractivity contribution < 1.29 is 4.74 Å². The molecule has 0 bridgehead atoms. The molecule has 0 saturated heterocycles. The third-order valence-corrected chi connectivity index (χ3v) is 3.18. The SMILES string of the molecule is COCCCN(C)c1ncnc(Cl)c1Br. The standard InChI is InChI=1S/C9H13BrClN3O/c1-14(4-3-5-15-2)9-7(10)8(11)12-6-13-9/h6H,3-5H2,1-2H3. The fraction of sp³-hybridized carbons (Fsp3) is 0.556. The third kappa shape index (κ3) is 3.59. The van der Waals surface area contributed by atoms with Crippen molar-refractivity contribution in [2.24, 2.45) is 0 Å². The number of nitrogens with zero attached hydrogens (tertiary/aromatic N) is 3. The van der Waals surface area contributed by atoms with E-state index in [0.717, 1.165) is 29.9 Å². The number of halogens is 2. The second-order valence-corrected chi connectivity index (χ2v) is 4.22. The molecule has 0 amide bonds. The molecule has 1 aromatic rings. The highest BCUT2D eigenvalue weighted by molar-refractivity contribution is 9.10. The van der Waals surface area contributed by atoms with Crippen LogP contribution in [0.1, 0.15) is 6.42 Å². The van der Waals surface area contributed by atoms with E-state index in [0.29, 0.717) is 5.15 Å². The fourth-order valence-electron chi connectivity index (χ4n) is 1.16. The summed E-state index contributed by atoms with van der Waals surface area (Å²) in [6.45, 7) is 1.60. The molecule has 0 atom stereocenters. The second-order valence-electron chi connectivity index (χ2n) is 3.07. The highest BCUT2D eigenvalue weighted by atomic mass is 79.9. The summed E-state index contributed by atoms with van der Waals surface area (Å²) in [5.41, 5.74) is 0. The van der Waals surface area contributed by atoms with Gasteiger partial charge in [0, 0.05) is 27.3 Å². The monoisotopic (exact) mass is 293 g/mol. The zero-order chi connectivity index (χ0) is 11.3. The molecule has 0 N–H and O–H groups in total. The topological polar surface area (TPSA) is 38.2 Å². The maximum absolute atomic E-state index is 5.87. The van der Waals surface area contributed by atoms with Crippen molar-refractivity contribution in [3.63, 3.8) is 0 Å². The van der Waals surface area contributed by atoms with Crippen molar-refractivity contribution in [3.05, 3.63) is 16.0 Å². The number of hydrogen-bond donors (Lipinski definition) is 0. The lowest BCUT2D eigenvalue weighted by Gasteiger charge is -2.19. The normalized spacial score (nSPS) is 10.4. The number of hydrogen-bond acceptors (Lipinski definition) is 4. The molecule has 0 aliphatic rings. The van der Waals surface area contributed by atoms with Gasteiger partial charge in [-0.2, -0.15) is 0 Å². The summed E-state index contributed by atoms with van der Waals surface area (Å²) in [6, 6.07) is 0. The van der Waals surface area contributed by atoms with Crippen LogP contribution in [0.3, 0.4) is 0 Å². The molecule has 0 fully saturated rings. The van der Waals surface area contributed by atoms with Crippen LogP contribution in [0.25, 0.3) is 0 Å². The first-order valence-electron chi connectivity index (χ1n) is 4.53. The highest BCUT2D eigenvalue weighted by Crippen LogP contribution is 2.28. The zero-order valence-corrected chi connectivity index (χ0v) is 11.0. The molecule has 0 saturated carbocycles. The van der Waals surface area contributed by atoms with Gasteiger partial charge in [-0.3, -0.25) is 0 Å². The predicted molar refractivity (Wildman–Crippen MR) is 64.5 cm³/mol. The van der Waals surface area contributed by atoms with E-state index < -0.39 is 0 Å². The van der Waals surface area contributed by atoms with Crippen molar-refractivity contribution in [2.75, 3.05) is 32.2 Å². The van der Waals surface area contributed by atoms with Crippen LogP contribution in [0.4, 0.5) is 5.82 Å². The van der Waals surface area contributed by atoms with E-state index in [1.807, 2.05) is 11.9 Å². The first-order valence-corrected chi connectivity index (χ1v) is 5.70. The van der Waals surface area contributed by atoms with Gasteiger partial charge < -0.3 is 9.64 Å². The highest BCUT2D eigenvalue weighted by Gasteiger charge is 2.10. The maximum Gasteiger partial charge on any atom is 0.148 e. The minimum atomic E-state index is 0.429. The molecule has 0 spiro atoms. The molecule has 0 unspecified atom stereocenters. The summed E-state index contributed by atoms with van der Waals surface area (Å²) in [5, 5.41) is 0.429. The molecule has 1 rings (SSSR count). The fourth-order valence-corrected chi connectivity index (χ4v) is 1.79. The van der Waals surface area contributed by atoms with Crippen LogP contribution in [0.5, 0.6) is 0 Å². The van der Waals surface area contributed by atoms with Crippen molar-refractivity contribution >= 4 is 33.3 Å². The van der Waals surface area contributed by atoms with E-state index in [2.05, 4.69) is 25.9 Å².